The van der Waals surface area contributed by atoms with Crippen LogP contribution in [-0.2, 0) is 0 Å². The first kappa shape index (κ1) is 11.9. The largest absolute Gasteiger partial charge is 0.494 e. The Hall–Kier alpha value is -1.20. The molecule has 0 bridgehead atoms. The predicted octanol–water partition coefficient (Wildman–Crippen LogP) is 3.78. The van der Waals surface area contributed by atoms with E-state index in [4.69, 9.17) is 21.6 Å². The first-order valence-corrected chi connectivity index (χ1v) is 5.48. The lowest BCUT2D eigenvalue weighted by Gasteiger charge is -2.06. The van der Waals surface area contributed by atoms with E-state index in [1.165, 1.54) is 12.8 Å². The summed E-state index contributed by atoms with van der Waals surface area (Å²) in [5.74, 6) is 0.732. The van der Waals surface area contributed by atoms with Gasteiger partial charge in [0.15, 0.2) is 0 Å². The zero-order chi connectivity index (χ0) is 11.1. The van der Waals surface area contributed by atoms with Crippen molar-refractivity contribution in [3.05, 3.63) is 28.8 Å². The van der Waals surface area contributed by atoms with Gasteiger partial charge in [-0.05, 0) is 18.6 Å². The maximum atomic E-state index is 8.68. The summed E-state index contributed by atoms with van der Waals surface area (Å²) in [5.41, 5.74) is 0.484. The van der Waals surface area contributed by atoms with Crippen molar-refractivity contribution in [2.24, 2.45) is 0 Å². The molecule has 0 amide bonds. The lowest BCUT2D eigenvalue weighted by atomic mass is 10.2. The molecule has 0 N–H and O–H groups in total. The molecule has 1 aromatic rings. The Morgan fingerprint density at radius 1 is 1.40 bits per heavy atom. The second-order valence-electron chi connectivity index (χ2n) is 3.31. The lowest BCUT2D eigenvalue weighted by molar-refractivity contribution is 0.306. The summed E-state index contributed by atoms with van der Waals surface area (Å²) in [6.45, 7) is 2.86. The third kappa shape index (κ3) is 3.81. The molecular formula is C12H14ClNO. The summed E-state index contributed by atoms with van der Waals surface area (Å²) >= 11 is 5.87. The number of rotatable bonds is 5. The molecule has 0 aliphatic rings. The molecule has 0 fully saturated rings. The second kappa shape index (κ2) is 6.31. The summed E-state index contributed by atoms with van der Waals surface area (Å²) < 4.78 is 5.49. The van der Waals surface area contributed by atoms with Crippen molar-refractivity contribution in [3.63, 3.8) is 0 Å². The molecule has 80 valence electrons. The number of halogens is 1. The van der Waals surface area contributed by atoms with E-state index >= 15 is 0 Å². The van der Waals surface area contributed by atoms with Crippen LogP contribution in [0, 0.1) is 11.3 Å². The number of nitrogens with zero attached hydrogens (tertiary/aromatic N) is 1. The first-order valence-electron chi connectivity index (χ1n) is 5.10. The molecule has 1 aromatic carbocycles. The molecule has 0 atom stereocenters. The molecule has 0 saturated carbocycles. The van der Waals surface area contributed by atoms with Gasteiger partial charge >= 0.3 is 0 Å². The molecular weight excluding hydrogens is 210 g/mol. The second-order valence-corrected chi connectivity index (χ2v) is 3.72. The van der Waals surface area contributed by atoms with Gasteiger partial charge in [-0.15, -0.1) is 0 Å². The van der Waals surface area contributed by atoms with Crippen molar-refractivity contribution in [2.45, 2.75) is 26.2 Å². The zero-order valence-corrected chi connectivity index (χ0v) is 9.55. The number of ether oxygens (including phenoxy) is 1. The van der Waals surface area contributed by atoms with Crippen LogP contribution in [0.3, 0.4) is 0 Å². The van der Waals surface area contributed by atoms with E-state index < -0.39 is 0 Å². The highest BCUT2D eigenvalue weighted by Gasteiger charge is 2.01. The van der Waals surface area contributed by atoms with Gasteiger partial charge in [0.2, 0.25) is 0 Å². The first-order chi connectivity index (χ1) is 7.27. The average Bonchev–Trinajstić information content (AvgIpc) is 2.25. The van der Waals surface area contributed by atoms with Crippen LogP contribution in [-0.4, -0.2) is 6.61 Å². The van der Waals surface area contributed by atoms with Crippen molar-refractivity contribution >= 4 is 11.6 Å². The van der Waals surface area contributed by atoms with E-state index in [2.05, 4.69) is 6.92 Å². The van der Waals surface area contributed by atoms with Gasteiger partial charge < -0.3 is 4.74 Å². The van der Waals surface area contributed by atoms with Crippen LogP contribution >= 0.6 is 11.6 Å². The van der Waals surface area contributed by atoms with Crippen LogP contribution in [0.25, 0.3) is 0 Å². The molecule has 3 heteroatoms. The van der Waals surface area contributed by atoms with Crippen molar-refractivity contribution in [2.75, 3.05) is 6.61 Å². The Morgan fingerprint density at radius 3 is 2.80 bits per heavy atom. The minimum absolute atomic E-state index is 0.450. The van der Waals surface area contributed by atoms with E-state index in [1.54, 1.807) is 18.2 Å². The smallest absolute Gasteiger partial charge is 0.120 e. The summed E-state index contributed by atoms with van der Waals surface area (Å²) in [6.07, 6.45) is 3.40. The number of hydrogen-bond donors (Lipinski definition) is 0. The summed E-state index contributed by atoms with van der Waals surface area (Å²) in [6, 6.07) is 7.15. The molecule has 1 rings (SSSR count). The summed E-state index contributed by atoms with van der Waals surface area (Å²) in [4.78, 5) is 0. The van der Waals surface area contributed by atoms with Crippen LogP contribution in [0.5, 0.6) is 5.75 Å². The quantitative estimate of drug-likeness (QED) is 0.712. The molecule has 0 aromatic heterocycles. The van der Waals surface area contributed by atoms with Gasteiger partial charge in [-0.25, -0.2) is 0 Å². The molecule has 0 heterocycles. The Balaban J connectivity index is 2.49. The van der Waals surface area contributed by atoms with Crippen molar-refractivity contribution in [3.8, 4) is 11.8 Å². The van der Waals surface area contributed by atoms with Gasteiger partial charge in [0.05, 0.1) is 17.2 Å². The fourth-order valence-corrected chi connectivity index (χ4v) is 1.43. The SMILES string of the molecule is CCCCCOc1ccc(C#N)c(Cl)c1. The van der Waals surface area contributed by atoms with Gasteiger partial charge in [-0.1, -0.05) is 31.4 Å². The van der Waals surface area contributed by atoms with E-state index in [-0.39, 0.29) is 0 Å². The monoisotopic (exact) mass is 223 g/mol. The molecule has 0 radical (unpaired) electrons. The van der Waals surface area contributed by atoms with Crippen LogP contribution in [0.4, 0.5) is 0 Å². The van der Waals surface area contributed by atoms with Crippen LogP contribution in [0.15, 0.2) is 18.2 Å². The van der Waals surface area contributed by atoms with Gasteiger partial charge in [0, 0.05) is 6.07 Å². The Bertz CT molecular complexity index is 357. The topological polar surface area (TPSA) is 33.0 Å². The number of hydrogen-bond acceptors (Lipinski definition) is 2. The van der Waals surface area contributed by atoms with E-state index in [0.29, 0.717) is 17.2 Å². The van der Waals surface area contributed by atoms with Crippen molar-refractivity contribution in [1.29, 1.82) is 5.26 Å². The van der Waals surface area contributed by atoms with Crippen molar-refractivity contribution < 1.29 is 4.74 Å². The number of unbranched alkanes of at least 4 members (excludes halogenated alkanes) is 2. The summed E-state index contributed by atoms with van der Waals surface area (Å²) in [7, 11) is 0. The van der Waals surface area contributed by atoms with Crippen molar-refractivity contribution in [1.82, 2.24) is 0 Å². The van der Waals surface area contributed by atoms with E-state index in [0.717, 1.165) is 12.2 Å². The molecule has 15 heavy (non-hydrogen) atoms. The van der Waals surface area contributed by atoms with Gasteiger partial charge in [0.1, 0.15) is 11.8 Å². The molecule has 0 unspecified atom stereocenters. The molecule has 0 saturated heterocycles. The Morgan fingerprint density at radius 2 is 2.20 bits per heavy atom. The summed E-state index contributed by atoms with van der Waals surface area (Å²) in [5, 5.41) is 9.13. The van der Waals surface area contributed by atoms with Crippen LogP contribution < -0.4 is 4.74 Å². The minimum atomic E-state index is 0.450. The van der Waals surface area contributed by atoms with Crippen LogP contribution in [0.1, 0.15) is 31.7 Å². The van der Waals surface area contributed by atoms with Gasteiger partial charge in [-0.3, -0.25) is 0 Å². The average molecular weight is 224 g/mol. The maximum Gasteiger partial charge on any atom is 0.120 e. The number of benzene rings is 1. The molecule has 2 nitrogen and oxygen atoms in total. The highest BCUT2D eigenvalue weighted by atomic mass is 35.5. The fraction of sp³-hybridized carbons (Fsp3) is 0.417. The van der Waals surface area contributed by atoms with Crippen LogP contribution in [0.2, 0.25) is 5.02 Å². The molecule has 0 spiro atoms. The highest BCUT2D eigenvalue weighted by molar-refractivity contribution is 6.31. The number of nitriles is 1. The fourth-order valence-electron chi connectivity index (χ4n) is 1.22. The maximum absolute atomic E-state index is 8.68. The standard InChI is InChI=1S/C12H14ClNO/c1-2-3-4-7-15-11-6-5-10(9-14)12(13)8-11/h5-6,8H,2-4,7H2,1H3. The highest BCUT2D eigenvalue weighted by Crippen LogP contribution is 2.21. The normalized spacial score (nSPS) is 9.67. The van der Waals surface area contributed by atoms with Gasteiger partial charge in [0.25, 0.3) is 0 Å². The molecule has 0 aliphatic heterocycles. The van der Waals surface area contributed by atoms with Gasteiger partial charge in [-0.2, -0.15) is 5.26 Å². The van der Waals surface area contributed by atoms with E-state index in [9.17, 15) is 0 Å². The predicted molar refractivity (Wildman–Crippen MR) is 61.2 cm³/mol. The zero-order valence-electron chi connectivity index (χ0n) is 8.79. The minimum Gasteiger partial charge on any atom is -0.494 e. The third-order valence-corrected chi connectivity index (χ3v) is 2.39. The van der Waals surface area contributed by atoms with E-state index in [1.807, 2.05) is 6.07 Å². The Labute approximate surface area is 95.4 Å². The molecule has 0 aliphatic carbocycles. The third-order valence-electron chi connectivity index (χ3n) is 2.08. The Kier molecular flexibility index (Phi) is 5.00. The lowest BCUT2D eigenvalue weighted by Crippen LogP contribution is -1.97.